The average molecular weight is 378 g/mol. The summed E-state index contributed by atoms with van der Waals surface area (Å²) in [6.45, 7) is 5.30. The molecule has 0 bridgehead atoms. The predicted octanol–water partition coefficient (Wildman–Crippen LogP) is 4.08. The van der Waals surface area contributed by atoms with E-state index in [1.165, 1.54) is 6.07 Å². The lowest BCUT2D eigenvalue weighted by molar-refractivity contribution is -0.155. The van der Waals surface area contributed by atoms with E-state index in [4.69, 9.17) is 33.7 Å². The molecule has 0 unspecified atom stereocenters. The van der Waals surface area contributed by atoms with Crippen molar-refractivity contribution in [1.82, 2.24) is 0 Å². The lowest BCUT2D eigenvalue weighted by Gasteiger charge is -2.20. The number of hydrogen-bond acceptors (Lipinski definition) is 4. The molecule has 0 radical (unpaired) electrons. The van der Waals surface area contributed by atoms with Crippen molar-refractivity contribution in [3.8, 4) is 0 Å². The van der Waals surface area contributed by atoms with E-state index in [9.17, 15) is 14.0 Å². The molecule has 1 rings (SSSR count). The van der Waals surface area contributed by atoms with E-state index in [-0.39, 0.29) is 41.5 Å². The molecule has 7 heteroatoms. The van der Waals surface area contributed by atoms with E-state index in [2.05, 4.69) is 0 Å². The van der Waals surface area contributed by atoms with Crippen LogP contribution in [-0.4, -0.2) is 23.4 Å². The zero-order valence-corrected chi connectivity index (χ0v) is 15.5. The highest BCUT2D eigenvalue weighted by molar-refractivity contribution is 6.42. The van der Waals surface area contributed by atoms with Crippen molar-refractivity contribution in [3.05, 3.63) is 33.6 Å². The zero-order chi connectivity index (χ0) is 18.5. The van der Waals surface area contributed by atoms with Gasteiger partial charge in [-0.2, -0.15) is 0 Å². The molecule has 0 aromatic heterocycles. The van der Waals surface area contributed by atoms with E-state index in [0.29, 0.717) is 5.56 Å². The minimum absolute atomic E-state index is 0.0599. The molecule has 0 fully saturated rings. The van der Waals surface area contributed by atoms with Crippen LogP contribution in [0.25, 0.3) is 0 Å². The second kappa shape index (κ2) is 8.79. The molecule has 2 N–H and O–H groups in total. The van der Waals surface area contributed by atoms with Crippen LogP contribution in [0.4, 0.5) is 4.39 Å². The Morgan fingerprint density at radius 2 is 1.79 bits per heavy atom. The molecular weight excluding hydrogens is 356 g/mol. The zero-order valence-electron chi connectivity index (χ0n) is 14.0. The maximum atomic E-state index is 13.7. The molecule has 0 aliphatic heterocycles. The summed E-state index contributed by atoms with van der Waals surface area (Å²) in [4.78, 5) is 23.6. The summed E-state index contributed by atoms with van der Waals surface area (Å²) in [7, 11) is 0. The first kappa shape index (κ1) is 20.9. The van der Waals surface area contributed by atoms with Crippen LogP contribution in [0.2, 0.25) is 10.0 Å². The molecule has 1 atom stereocenters. The Morgan fingerprint density at radius 3 is 2.38 bits per heavy atom. The first-order valence-corrected chi connectivity index (χ1v) is 8.38. The number of carbonyl (C=O) groups is 2. The van der Waals surface area contributed by atoms with Gasteiger partial charge in [0, 0.05) is 12.8 Å². The summed E-state index contributed by atoms with van der Waals surface area (Å²) in [6.07, 6.45) is 0.481. The van der Waals surface area contributed by atoms with Crippen molar-refractivity contribution in [2.45, 2.75) is 58.1 Å². The molecule has 4 nitrogen and oxygen atoms in total. The standard InChI is InChI=1S/C17H22Cl2FNO3/c1-17(2,3)24-16(23)7-5-14(21)15(22)6-4-10-8-11(18)12(19)9-13(10)20/h8-9,14H,4-7,21H2,1-3H3/t14-/m1/s1. The quantitative estimate of drug-likeness (QED) is 0.573. The number of aryl methyl sites for hydroxylation is 1. The lowest BCUT2D eigenvalue weighted by atomic mass is 10.0. The molecule has 134 valence electrons. The smallest absolute Gasteiger partial charge is 0.306 e. The van der Waals surface area contributed by atoms with Crippen molar-refractivity contribution in [3.63, 3.8) is 0 Å². The van der Waals surface area contributed by atoms with Crippen LogP contribution >= 0.6 is 23.2 Å². The van der Waals surface area contributed by atoms with Crippen molar-refractivity contribution in [2.75, 3.05) is 0 Å². The van der Waals surface area contributed by atoms with Gasteiger partial charge in [-0.05, 0) is 51.3 Å². The number of halogens is 3. The summed E-state index contributed by atoms with van der Waals surface area (Å²) >= 11 is 11.6. The van der Waals surface area contributed by atoms with Crippen LogP contribution < -0.4 is 5.73 Å². The minimum Gasteiger partial charge on any atom is -0.460 e. The Morgan fingerprint density at radius 1 is 1.21 bits per heavy atom. The molecule has 0 heterocycles. The number of benzene rings is 1. The van der Waals surface area contributed by atoms with Gasteiger partial charge in [0.1, 0.15) is 17.2 Å². The SMILES string of the molecule is CC(C)(C)OC(=O)CC[C@@H](N)C(=O)CCc1cc(Cl)c(Cl)cc1F. The van der Waals surface area contributed by atoms with Gasteiger partial charge in [0.05, 0.1) is 16.1 Å². The van der Waals surface area contributed by atoms with Gasteiger partial charge >= 0.3 is 5.97 Å². The summed E-state index contributed by atoms with van der Waals surface area (Å²) in [5.41, 5.74) is 5.52. The maximum absolute atomic E-state index is 13.7. The molecule has 0 saturated heterocycles. The maximum Gasteiger partial charge on any atom is 0.306 e. The molecule has 1 aromatic carbocycles. The third kappa shape index (κ3) is 7.16. The van der Waals surface area contributed by atoms with Gasteiger partial charge in [0.25, 0.3) is 0 Å². The van der Waals surface area contributed by atoms with Crippen molar-refractivity contribution in [2.24, 2.45) is 5.73 Å². The molecule has 0 saturated carbocycles. The fraction of sp³-hybridized carbons (Fsp3) is 0.529. The van der Waals surface area contributed by atoms with E-state index >= 15 is 0 Å². The Kier molecular flexibility index (Phi) is 7.64. The number of ketones is 1. The van der Waals surface area contributed by atoms with Crippen LogP contribution in [-0.2, 0) is 20.7 Å². The van der Waals surface area contributed by atoms with Crippen LogP contribution in [0.3, 0.4) is 0 Å². The Balaban J connectivity index is 2.48. The number of nitrogens with two attached hydrogens (primary N) is 1. The van der Waals surface area contributed by atoms with Crippen LogP contribution in [0.1, 0.15) is 45.6 Å². The van der Waals surface area contributed by atoms with Gasteiger partial charge in [0.2, 0.25) is 0 Å². The summed E-state index contributed by atoms with van der Waals surface area (Å²) in [5, 5.41) is 0.355. The van der Waals surface area contributed by atoms with Crippen LogP contribution in [0, 0.1) is 5.82 Å². The molecule has 0 aliphatic rings. The van der Waals surface area contributed by atoms with Crippen molar-refractivity contribution < 1.29 is 18.7 Å². The Labute approximate surface area is 151 Å². The molecule has 1 aromatic rings. The lowest BCUT2D eigenvalue weighted by Crippen LogP contribution is -2.32. The number of esters is 1. The van der Waals surface area contributed by atoms with Crippen molar-refractivity contribution in [1.29, 1.82) is 0 Å². The minimum atomic E-state index is -0.789. The second-order valence-corrected chi connectivity index (χ2v) is 7.37. The third-order valence-electron chi connectivity index (χ3n) is 3.22. The highest BCUT2D eigenvalue weighted by Crippen LogP contribution is 2.26. The summed E-state index contributed by atoms with van der Waals surface area (Å²) in [6, 6.07) is 1.73. The topological polar surface area (TPSA) is 69.4 Å². The molecule has 0 aliphatic carbocycles. The molecular formula is C17H22Cl2FNO3. The molecule has 24 heavy (non-hydrogen) atoms. The first-order valence-electron chi connectivity index (χ1n) is 7.63. The number of ether oxygens (including phenoxy) is 1. The van der Waals surface area contributed by atoms with Crippen molar-refractivity contribution >= 4 is 35.0 Å². The van der Waals surface area contributed by atoms with E-state index in [0.717, 1.165) is 6.07 Å². The third-order valence-corrected chi connectivity index (χ3v) is 3.95. The van der Waals surface area contributed by atoms with Gasteiger partial charge in [-0.3, -0.25) is 9.59 Å². The van der Waals surface area contributed by atoms with E-state index in [1.807, 2.05) is 0 Å². The van der Waals surface area contributed by atoms with Gasteiger partial charge in [-0.1, -0.05) is 23.2 Å². The summed E-state index contributed by atoms with van der Waals surface area (Å²) < 4.78 is 18.9. The largest absolute Gasteiger partial charge is 0.460 e. The van der Waals surface area contributed by atoms with E-state index in [1.54, 1.807) is 20.8 Å². The number of Topliss-reactive ketones (excluding diaryl/α,β-unsaturated/α-hetero) is 1. The number of rotatable bonds is 7. The monoisotopic (exact) mass is 377 g/mol. The Hall–Kier alpha value is -1.17. The second-order valence-electron chi connectivity index (χ2n) is 6.56. The van der Waals surface area contributed by atoms with Gasteiger partial charge in [0.15, 0.2) is 0 Å². The number of hydrogen-bond donors (Lipinski definition) is 1. The van der Waals surface area contributed by atoms with Gasteiger partial charge in [-0.25, -0.2) is 4.39 Å². The molecule has 0 amide bonds. The average Bonchev–Trinajstić information content (AvgIpc) is 2.45. The fourth-order valence-electron chi connectivity index (χ4n) is 2.03. The highest BCUT2D eigenvalue weighted by Gasteiger charge is 2.20. The summed E-state index contributed by atoms with van der Waals surface area (Å²) in [5.74, 6) is -1.16. The van der Waals surface area contributed by atoms with Crippen LogP contribution in [0.5, 0.6) is 0 Å². The van der Waals surface area contributed by atoms with Gasteiger partial charge < -0.3 is 10.5 Å². The van der Waals surface area contributed by atoms with E-state index < -0.39 is 23.4 Å². The fourth-order valence-corrected chi connectivity index (χ4v) is 2.36. The number of carbonyl (C=O) groups excluding carboxylic acids is 2. The van der Waals surface area contributed by atoms with Crippen LogP contribution in [0.15, 0.2) is 12.1 Å². The Bertz CT molecular complexity index is 615. The first-order chi connectivity index (χ1) is 11.0. The normalized spacial score (nSPS) is 12.8. The predicted molar refractivity (Wildman–Crippen MR) is 92.8 cm³/mol. The highest BCUT2D eigenvalue weighted by atomic mass is 35.5. The molecule has 0 spiro atoms. The van der Waals surface area contributed by atoms with Gasteiger partial charge in [-0.15, -0.1) is 0 Å².